The van der Waals surface area contributed by atoms with Gasteiger partial charge in [0.25, 0.3) is 5.91 Å². The Morgan fingerprint density at radius 3 is 2.65 bits per heavy atom. The zero-order valence-electron chi connectivity index (χ0n) is 11.6. The lowest BCUT2D eigenvalue weighted by molar-refractivity contribution is 0.0665. The summed E-state index contributed by atoms with van der Waals surface area (Å²) in [6.45, 7) is 4.74. The van der Waals surface area contributed by atoms with E-state index in [1.165, 1.54) is 0 Å². The zero-order chi connectivity index (χ0) is 14.1. The molecule has 0 saturated carbocycles. The molecule has 0 atom stereocenters. The van der Waals surface area contributed by atoms with E-state index >= 15 is 0 Å². The molecule has 2 aliphatic heterocycles. The van der Waals surface area contributed by atoms with Gasteiger partial charge in [0.05, 0.1) is 11.8 Å². The van der Waals surface area contributed by atoms with E-state index in [1.54, 1.807) is 6.20 Å². The fraction of sp³-hybridized carbons (Fsp3) is 0.615. The second-order valence-corrected chi connectivity index (χ2v) is 5.36. The van der Waals surface area contributed by atoms with E-state index in [2.05, 4.69) is 15.5 Å². The van der Waals surface area contributed by atoms with Crippen molar-refractivity contribution in [2.24, 2.45) is 0 Å². The van der Waals surface area contributed by atoms with Gasteiger partial charge in [-0.25, -0.2) is 4.79 Å². The number of amides is 3. The molecule has 0 aliphatic carbocycles. The third-order valence-corrected chi connectivity index (χ3v) is 4.14. The van der Waals surface area contributed by atoms with Gasteiger partial charge in [0, 0.05) is 37.9 Å². The van der Waals surface area contributed by atoms with Gasteiger partial charge in [-0.3, -0.25) is 9.89 Å². The van der Waals surface area contributed by atoms with Gasteiger partial charge >= 0.3 is 6.03 Å². The number of urea groups is 1. The highest BCUT2D eigenvalue weighted by Gasteiger charge is 2.32. The van der Waals surface area contributed by atoms with Crippen molar-refractivity contribution in [1.29, 1.82) is 0 Å². The molecule has 3 amide bonds. The summed E-state index contributed by atoms with van der Waals surface area (Å²) in [7, 11) is 0. The summed E-state index contributed by atoms with van der Waals surface area (Å²) < 4.78 is 0. The lowest BCUT2D eigenvalue weighted by atomic mass is 10.0. The Morgan fingerprint density at radius 1 is 1.35 bits per heavy atom. The fourth-order valence-electron chi connectivity index (χ4n) is 2.95. The Bertz CT molecular complexity index is 519. The largest absolute Gasteiger partial charge is 0.338 e. The van der Waals surface area contributed by atoms with Crippen molar-refractivity contribution in [1.82, 2.24) is 25.3 Å². The number of carbonyl (C=O) groups excluding carboxylic acids is 2. The number of H-pyrrole nitrogens is 1. The van der Waals surface area contributed by atoms with Crippen LogP contribution in [0.5, 0.6) is 0 Å². The number of aromatic amines is 1. The van der Waals surface area contributed by atoms with Crippen LogP contribution in [0, 0.1) is 6.92 Å². The van der Waals surface area contributed by atoms with Gasteiger partial charge in [-0.05, 0) is 19.8 Å². The van der Waals surface area contributed by atoms with Crippen LogP contribution in [-0.4, -0.2) is 64.2 Å². The van der Waals surface area contributed by atoms with Gasteiger partial charge < -0.3 is 15.1 Å². The molecule has 0 bridgehead atoms. The molecule has 2 saturated heterocycles. The number of nitrogens with zero attached hydrogens (tertiary/aromatic N) is 3. The minimum absolute atomic E-state index is 0.0282. The highest BCUT2D eigenvalue weighted by atomic mass is 16.2. The van der Waals surface area contributed by atoms with Crippen LogP contribution in [0.15, 0.2) is 6.20 Å². The zero-order valence-corrected chi connectivity index (χ0v) is 11.6. The number of nitrogens with one attached hydrogen (secondary N) is 2. The second kappa shape index (κ2) is 5.15. The van der Waals surface area contributed by atoms with Crippen molar-refractivity contribution in [2.75, 3.05) is 26.2 Å². The first kappa shape index (κ1) is 13.0. The average Bonchev–Trinajstić information content (AvgIpc) is 3.07. The van der Waals surface area contributed by atoms with Gasteiger partial charge in [-0.15, -0.1) is 0 Å². The first-order valence-electron chi connectivity index (χ1n) is 7.00. The SMILES string of the molecule is Cc1[nH]ncc1C(=O)N1CCC(N2CCNC2=O)CC1. The number of aromatic nitrogens is 2. The van der Waals surface area contributed by atoms with Crippen molar-refractivity contribution >= 4 is 11.9 Å². The molecule has 7 nitrogen and oxygen atoms in total. The van der Waals surface area contributed by atoms with Crippen LogP contribution in [0.25, 0.3) is 0 Å². The standard InChI is InChI=1S/C13H19N5O2/c1-9-11(8-15-16-9)12(19)17-5-2-10(3-6-17)18-7-4-14-13(18)20/h8,10H,2-7H2,1H3,(H,14,20)(H,15,16). The Morgan fingerprint density at radius 2 is 2.10 bits per heavy atom. The average molecular weight is 277 g/mol. The summed E-state index contributed by atoms with van der Waals surface area (Å²) in [6.07, 6.45) is 3.27. The summed E-state index contributed by atoms with van der Waals surface area (Å²) in [6, 6.07) is 0.285. The van der Waals surface area contributed by atoms with Crippen LogP contribution in [0.4, 0.5) is 4.79 Å². The highest BCUT2D eigenvalue weighted by molar-refractivity contribution is 5.95. The van der Waals surface area contributed by atoms with Crippen molar-refractivity contribution in [2.45, 2.75) is 25.8 Å². The number of aryl methyl sites for hydroxylation is 1. The third-order valence-electron chi connectivity index (χ3n) is 4.14. The molecule has 2 N–H and O–H groups in total. The van der Waals surface area contributed by atoms with Gasteiger partial charge in [-0.1, -0.05) is 0 Å². The number of hydrogen-bond donors (Lipinski definition) is 2. The van der Waals surface area contributed by atoms with Crippen LogP contribution in [0.1, 0.15) is 28.9 Å². The minimum Gasteiger partial charge on any atom is -0.338 e. The van der Waals surface area contributed by atoms with E-state index in [0.29, 0.717) is 18.7 Å². The van der Waals surface area contributed by atoms with E-state index in [0.717, 1.165) is 31.6 Å². The molecule has 1 aromatic rings. The smallest absolute Gasteiger partial charge is 0.317 e. The second-order valence-electron chi connectivity index (χ2n) is 5.36. The van der Waals surface area contributed by atoms with Crippen molar-refractivity contribution in [3.05, 3.63) is 17.5 Å². The first-order chi connectivity index (χ1) is 9.66. The van der Waals surface area contributed by atoms with Gasteiger partial charge in [0.1, 0.15) is 0 Å². The number of rotatable bonds is 2. The van der Waals surface area contributed by atoms with Crippen molar-refractivity contribution < 1.29 is 9.59 Å². The molecule has 0 radical (unpaired) electrons. The maximum atomic E-state index is 12.3. The molecule has 0 aromatic carbocycles. The quantitative estimate of drug-likeness (QED) is 0.818. The summed E-state index contributed by atoms with van der Waals surface area (Å²) in [5, 5.41) is 9.51. The number of piperidine rings is 1. The maximum absolute atomic E-state index is 12.3. The van der Waals surface area contributed by atoms with Crippen LogP contribution in [-0.2, 0) is 0 Å². The monoisotopic (exact) mass is 277 g/mol. The van der Waals surface area contributed by atoms with Gasteiger partial charge in [0.15, 0.2) is 0 Å². The summed E-state index contributed by atoms with van der Waals surface area (Å²) in [5.41, 5.74) is 1.44. The Balaban J connectivity index is 1.60. The molecule has 1 aromatic heterocycles. The molecule has 0 spiro atoms. The van der Waals surface area contributed by atoms with Crippen molar-refractivity contribution in [3.63, 3.8) is 0 Å². The number of carbonyl (C=O) groups is 2. The number of hydrogen-bond acceptors (Lipinski definition) is 3. The molecule has 3 rings (SSSR count). The predicted octanol–water partition coefficient (Wildman–Crippen LogP) is 0.348. The molecular weight excluding hydrogens is 258 g/mol. The van der Waals surface area contributed by atoms with Crippen LogP contribution < -0.4 is 5.32 Å². The summed E-state index contributed by atoms with van der Waals surface area (Å²) in [5.74, 6) is 0.0283. The molecule has 2 fully saturated rings. The Labute approximate surface area is 117 Å². The van der Waals surface area contributed by atoms with E-state index in [1.807, 2.05) is 16.7 Å². The lowest BCUT2D eigenvalue weighted by Gasteiger charge is -2.36. The predicted molar refractivity (Wildman–Crippen MR) is 72.4 cm³/mol. The third kappa shape index (κ3) is 2.23. The molecule has 20 heavy (non-hydrogen) atoms. The van der Waals surface area contributed by atoms with E-state index in [9.17, 15) is 9.59 Å². The minimum atomic E-state index is 0.0282. The fourth-order valence-corrected chi connectivity index (χ4v) is 2.95. The van der Waals surface area contributed by atoms with E-state index in [4.69, 9.17) is 0 Å². The Hall–Kier alpha value is -2.05. The van der Waals surface area contributed by atoms with Crippen molar-refractivity contribution in [3.8, 4) is 0 Å². The van der Waals surface area contributed by atoms with Crippen LogP contribution >= 0.6 is 0 Å². The molecule has 108 valence electrons. The first-order valence-corrected chi connectivity index (χ1v) is 7.00. The molecule has 3 heterocycles. The molecule has 0 unspecified atom stereocenters. The molecule has 2 aliphatic rings. The maximum Gasteiger partial charge on any atom is 0.317 e. The lowest BCUT2D eigenvalue weighted by Crippen LogP contribution is -2.47. The van der Waals surface area contributed by atoms with Gasteiger partial charge in [-0.2, -0.15) is 5.10 Å². The van der Waals surface area contributed by atoms with Crippen LogP contribution in [0.2, 0.25) is 0 Å². The topological polar surface area (TPSA) is 81.3 Å². The van der Waals surface area contributed by atoms with Gasteiger partial charge in [0.2, 0.25) is 0 Å². The normalized spacial score (nSPS) is 20.4. The summed E-state index contributed by atoms with van der Waals surface area (Å²) in [4.78, 5) is 27.7. The molecule has 7 heteroatoms. The summed E-state index contributed by atoms with van der Waals surface area (Å²) >= 11 is 0. The molecular formula is C13H19N5O2. The van der Waals surface area contributed by atoms with E-state index < -0.39 is 0 Å². The number of likely N-dealkylation sites (tertiary alicyclic amines) is 1. The van der Waals surface area contributed by atoms with Crippen LogP contribution in [0.3, 0.4) is 0 Å². The highest BCUT2D eigenvalue weighted by Crippen LogP contribution is 2.20. The van der Waals surface area contributed by atoms with E-state index in [-0.39, 0.29) is 18.0 Å². The Kier molecular flexibility index (Phi) is 3.33.